The van der Waals surface area contributed by atoms with Crippen LogP contribution in [0.1, 0.15) is 72.7 Å². The average Bonchev–Trinajstić information content (AvgIpc) is 3.72. The molecule has 1 amide bonds. The second kappa shape index (κ2) is 7.56. The number of carbonyl (C=O) groups is 1. The van der Waals surface area contributed by atoms with Crippen LogP contribution in [-0.4, -0.2) is 5.91 Å². The zero-order valence-electron chi connectivity index (χ0n) is 19.6. The fourth-order valence-corrected chi connectivity index (χ4v) is 6.45. The second-order valence-electron chi connectivity index (χ2n) is 10.5. The van der Waals surface area contributed by atoms with Crippen molar-refractivity contribution in [3.05, 3.63) is 101 Å². The Morgan fingerprint density at radius 3 is 2.44 bits per heavy atom. The molecule has 0 heterocycles. The van der Waals surface area contributed by atoms with Gasteiger partial charge in [-0.2, -0.15) is 0 Å². The highest BCUT2D eigenvalue weighted by atomic mass is 16.2. The Balaban J connectivity index is 1.46. The van der Waals surface area contributed by atoms with Crippen molar-refractivity contribution in [3.8, 4) is 0 Å². The van der Waals surface area contributed by atoms with Crippen LogP contribution in [0, 0.1) is 5.92 Å². The largest absolute Gasteiger partial charge is 0.345 e. The van der Waals surface area contributed by atoms with Crippen molar-refractivity contribution in [3.63, 3.8) is 0 Å². The number of carbonyl (C=O) groups excluding carboxylic acids is 1. The molecule has 3 unspecified atom stereocenters. The highest BCUT2D eigenvalue weighted by Gasteiger charge is 2.38. The van der Waals surface area contributed by atoms with Gasteiger partial charge in [-0.3, -0.25) is 4.79 Å². The van der Waals surface area contributed by atoms with Gasteiger partial charge >= 0.3 is 0 Å². The number of rotatable bonds is 3. The smallest absolute Gasteiger partial charge is 0.223 e. The number of fused-ring (bicyclic) bond motifs is 3. The van der Waals surface area contributed by atoms with Gasteiger partial charge in [0.2, 0.25) is 5.91 Å². The predicted molar refractivity (Wildman–Crippen MR) is 140 cm³/mol. The molecule has 0 bridgehead atoms. The number of hydrogen-bond donors (Lipinski definition) is 1. The normalized spacial score (nSPS) is 23.4. The lowest BCUT2D eigenvalue weighted by Gasteiger charge is -2.38. The minimum absolute atomic E-state index is 0.0723. The van der Waals surface area contributed by atoms with Crippen LogP contribution in [0.15, 0.2) is 78.4 Å². The summed E-state index contributed by atoms with van der Waals surface area (Å²) in [6.07, 6.45) is 6.73. The first-order valence-corrected chi connectivity index (χ1v) is 12.7. The van der Waals surface area contributed by atoms with E-state index < -0.39 is 0 Å². The van der Waals surface area contributed by atoms with Crippen LogP contribution in [0.3, 0.4) is 0 Å². The van der Waals surface area contributed by atoms with E-state index in [-0.39, 0.29) is 17.9 Å². The van der Waals surface area contributed by atoms with Crippen molar-refractivity contribution in [1.82, 2.24) is 5.32 Å². The van der Waals surface area contributed by atoms with Crippen molar-refractivity contribution in [2.45, 2.75) is 50.5 Å². The van der Waals surface area contributed by atoms with Crippen molar-refractivity contribution in [1.29, 1.82) is 0 Å². The fourth-order valence-electron chi connectivity index (χ4n) is 6.45. The van der Waals surface area contributed by atoms with E-state index in [1.807, 2.05) is 0 Å². The lowest BCUT2D eigenvalue weighted by Crippen LogP contribution is -2.34. The summed E-state index contributed by atoms with van der Waals surface area (Å²) in [7, 11) is 0. The molecule has 7 rings (SSSR count). The van der Waals surface area contributed by atoms with Gasteiger partial charge in [0, 0.05) is 11.8 Å². The molecule has 0 aliphatic heterocycles. The molecule has 3 atom stereocenters. The van der Waals surface area contributed by atoms with Gasteiger partial charge in [0.05, 0.1) is 6.04 Å². The SMILES string of the molecule is CC1CCC(C2=Cc3cccc4cccc(c34)C2NC(=O)C2CC2)c2c1ccc1ccccc21. The van der Waals surface area contributed by atoms with Crippen LogP contribution >= 0.6 is 0 Å². The third-order valence-corrected chi connectivity index (χ3v) is 8.34. The lowest BCUT2D eigenvalue weighted by molar-refractivity contribution is -0.122. The van der Waals surface area contributed by atoms with E-state index in [4.69, 9.17) is 0 Å². The van der Waals surface area contributed by atoms with Gasteiger partial charge in [-0.15, -0.1) is 0 Å². The Hall–Kier alpha value is -3.39. The summed E-state index contributed by atoms with van der Waals surface area (Å²) < 4.78 is 0. The summed E-state index contributed by atoms with van der Waals surface area (Å²) >= 11 is 0. The highest BCUT2D eigenvalue weighted by Crippen LogP contribution is 2.51. The van der Waals surface area contributed by atoms with Crippen molar-refractivity contribution < 1.29 is 4.79 Å². The number of benzene rings is 4. The van der Waals surface area contributed by atoms with Gasteiger partial charge in [0.25, 0.3) is 0 Å². The molecule has 2 heteroatoms. The van der Waals surface area contributed by atoms with E-state index in [0.717, 1.165) is 19.3 Å². The highest BCUT2D eigenvalue weighted by molar-refractivity contribution is 5.98. The predicted octanol–water partition coefficient (Wildman–Crippen LogP) is 7.64. The molecule has 3 aliphatic carbocycles. The maximum absolute atomic E-state index is 13.1. The lowest BCUT2D eigenvalue weighted by atomic mass is 9.69. The molecular formula is C32H29NO. The van der Waals surface area contributed by atoms with Crippen molar-refractivity contribution in [2.75, 3.05) is 0 Å². The van der Waals surface area contributed by atoms with Crippen LogP contribution < -0.4 is 5.32 Å². The Morgan fingerprint density at radius 2 is 1.59 bits per heavy atom. The summed E-state index contributed by atoms with van der Waals surface area (Å²) in [4.78, 5) is 13.1. The number of nitrogens with one attached hydrogen (secondary N) is 1. The number of amides is 1. The van der Waals surface area contributed by atoms with Gasteiger partial charge in [0.15, 0.2) is 0 Å². The van der Waals surface area contributed by atoms with Gasteiger partial charge in [-0.05, 0) is 81.0 Å². The van der Waals surface area contributed by atoms with E-state index in [0.29, 0.717) is 11.8 Å². The summed E-state index contributed by atoms with van der Waals surface area (Å²) in [6.45, 7) is 2.36. The molecule has 1 N–H and O–H groups in total. The zero-order valence-corrected chi connectivity index (χ0v) is 19.6. The number of hydrogen-bond acceptors (Lipinski definition) is 1. The molecule has 4 aromatic rings. The maximum Gasteiger partial charge on any atom is 0.223 e. The first kappa shape index (κ1) is 20.0. The van der Waals surface area contributed by atoms with E-state index >= 15 is 0 Å². The van der Waals surface area contributed by atoms with Crippen LogP contribution in [0.5, 0.6) is 0 Å². The van der Waals surface area contributed by atoms with Crippen LogP contribution in [0.2, 0.25) is 0 Å². The Morgan fingerprint density at radius 1 is 0.794 bits per heavy atom. The molecular weight excluding hydrogens is 414 g/mol. The van der Waals surface area contributed by atoms with Crippen LogP contribution in [-0.2, 0) is 4.79 Å². The summed E-state index contributed by atoms with van der Waals surface area (Å²) in [5, 5.41) is 8.72. The first-order valence-electron chi connectivity index (χ1n) is 12.7. The Kier molecular flexibility index (Phi) is 4.45. The quantitative estimate of drug-likeness (QED) is 0.346. The van der Waals surface area contributed by atoms with E-state index in [9.17, 15) is 4.79 Å². The van der Waals surface area contributed by atoms with Gasteiger partial charge in [-0.1, -0.05) is 85.8 Å². The average molecular weight is 444 g/mol. The summed E-state index contributed by atoms with van der Waals surface area (Å²) in [5.41, 5.74) is 6.82. The molecule has 0 aromatic heterocycles. The maximum atomic E-state index is 13.1. The monoisotopic (exact) mass is 443 g/mol. The third kappa shape index (κ3) is 3.05. The van der Waals surface area contributed by atoms with Crippen molar-refractivity contribution >= 4 is 33.5 Å². The van der Waals surface area contributed by atoms with E-state index in [1.165, 1.54) is 55.8 Å². The van der Waals surface area contributed by atoms with Gasteiger partial charge < -0.3 is 5.32 Å². The van der Waals surface area contributed by atoms with Gasteiger partial charge in [0.1, 0.15) is 0 Å². The molecule has 34 heavy (non-hydrogen) atoms. The first-order chi connectivity index (χ1) is 16.7. The Labute approximate surface area is 200 Å². The van der Waals surface area contributed by atoms with Crippen LogP contribution in [0.4, 0.5) is 0 Å². The molecule has 168 valence electrons. The minimum Gasteiger partial charge on any atom is -0.345 e. The van der Waals surface area contributed by atoms with Crippen molar-refractivity contribution in [2.24, 2.45) is 5.92 Å². The van der Waals surface area contributed by atoms with Gasteiger partial charge in [-0.25, -0.2) is 0 Å². The zero-order chi connectivity index (χ0) is 22.8. The topological polar surface area (TPSA) is 29.1 Å². The molecule has 2 nitrogen and oxygen atoms in total. The fraction of sp³-hybridized carbons (Fsp3) is 0.281. The Bertz CT molecular complexity index is 1490. The summed E-state index contributed by atoms with van der Waals surface area (Å²) in [6, 6.07) is 26.5. The minimum atomic E-state index is -0.0723. The molecule has 0 radical (unpaired) electrons. The molecule has 1 saturated carbocycles. The van der Waals surface area contributed by atoms with Crippen LogP contribution in [0.25, 0.3) is 27.6 Å². The molecule has 4 aromatic carbocycles. The standard InChI is InChI=1S/C32H29NO/c1-19-12-16-26(30-24(19)17-15-20-6-2-3-10-25(20)30)28-18-23-9-4-7-21-8-5-11-27(29(21)23)31(28)33-32(34)22-13-14-22/h2-11,15,17-19,22,26,31H,12-14,16H2,1H3,(H,33,34). The molecule has 0 spiro atoms. The third-order valence-electron chi connectivity index (χ3n) is 8.34. The molecule has 3 aliphatic rings. The second-order valence-corrected chi connectivity index (χ2v) is 10.5. The molecule has 1 fully saturated rings. The van der Waals surface area contributed by atoms with E-state index in [1.54, 1.807) is 0 Å². The molecule has 0 saturated heterocycles. The summed E-state index contributed by atoms with van der Waals surface area (Å²) in [5.74, 6) is 1.26. The van der Waals surface area contributed by atoms with E-state index in [2.05, 4.69) is 91.1 Å².